The number of aryl methyl sites for hydroxylation is 2. The van der Waals surface area contributed by atoms with Gasteiger partial charge in [-0.3, -0.25) is 0 Å². The van der Waals surface area contributed by atoms with Crippen LogP contribution in [0.4, 0.5) is 0 Å². The first-order valence-corrected chi connectivity index (χ1v) is 7.38. The summed E-state index contributed by atoms with van der Waals surface area (Å²) in [4.78, 5) is 0. The van der Waals surface area contributed by atoms with E-state index in [0.717, 1.165) is 0 Å². The SMILES string of the molecule is CC1(C(Cl)c2ccc3c(c2)CCC3)CCCC1. The minimum atomic E-state index is 0.205. The van der Waals surface area contributed by atoms with Gasteiger partial charge in [-0.1, -0.05) is 38.0 Å². The van der Waals surface area contributed by atoms with Crippen LogP contribution < -0.4 is 0 Å². The third kappa shape index (κ3) is 2.01. The fourth-order valence-electron chi connectivity index (χ4n) is 3.59. The Balaban J connectivity index is 1.88. The first-order chi connectivity index (χ1) is 8.19. The van der Waals surface area contributed by atoms with E-state index in [0.29, 0.717) is 5.41 Å². The predicted molar refractivity (Wildman–Crippen MR) is 73.6 cm³/mol. The molecule has 0 bridgehead atoms. The van der Waals surface area contributed by atoms with E-state index in [1.165, 1.54) is 50.5 Å². The molecule has 1 fully saturated rings. The van der Waals surface area contributed by atoms with E-state index in [1.807, 2.05) is 0 Å². The number of hydrogen-bond acceptors (Lipinski definition) is 0. The van der Waals surface area contributed by atoms with Gasteiger partial charge in [-0.2, -0.15) is 0 Å². The zero-order chi connectivity index (χ0) is 11.9. The van der Waals surface area contributed by atoms with Crippen molar-refractivity contribution in [2.75, 3.05) is 0 Å². The zero-order valence-electron chi connectivity index (χ0n) is 10.6. The lowest BCUT2D eigenvalue weighted by atomic mass is 9.81. The molecule has 0 saturated heterocycles. The van der Waals surface area contributed by atoms with Gasteiger partial charge in [-0.25, -0.2) is 0 Å². The fourth-order valence-corrected chi connectivity index (χ4v) is 3.94. The summed E-state index contributed by atoms with van der Waals surface area (Å²) in [5.74, 6) is 0. The average Bonchev–Trinajstić information content (AvgIpc) is 2.96. The molecule has 0 nitrogen and oxygen atoms in total. The van der Waals surface area contributed by atoms with Crippen molar-refractivity contribution >= 4 is 11.6 Å². The second-order valence-corrected chi connectivity index (χ2v) is 6.54. The third-order valence-electron chi connectivity index (χ3n) is 4.77. The highest BCUT2D eigenvalue weighted by Gasteiger charge is 2.36. The molecule has 2 aliphatic rings. The molecule has 0 radical (unpaired) electrons. The molecule has 1 unspecified atom stereocenters. The lowest BCUT2D eigenvalue weighted by molar-refractivity contribution is 0.322. The molecule has 1 atom stereocenters. The summed E-state index contributed by atoms with van der Waals surface area (Å²) in [6, 6.07) is 6.96. The van der Waals surface area contributed by atoms with Crippen molar-refractivity contribution in [2.24, 2.45) is 5.41 Å². The molecule has 1 saturated carbocycles. The summed E-state index contributed by atoms with van der Waals surface area (Å²) >= 11 is 6.76. The molecule has 1 aromatic carbocycles. The van der Waals surface area contributed by atoms with Gasteiger partial charge < -0.3 is 0 Å². The largest absolute Gasteiger partial charge is 0.117 e. The second kappa shape index (κ2) is 4.31. The molecule has 0 spiro atoms. The summed E-state index contributed by atoms with van der Waals surface area (Å²) in [5, 5.41) is 0.205. The third-order valence-corrected chi connectivity index (χ3v) is 5.55. The van der Waals surface area contributed by atoms with E-state index in [-0.39, 0.29) is 5.38 Å². The van der Waals surface area contributed by atoms with Gasteiger partial charge in [0.15, 0.2) is 0 Å². The van der Waals surface area contributed by atoms with Crippen LogP contribution in [0.2, 0.25) is 0 Å². The maximum atomic E-state index is 6.76. The summed E-state index contributed by atoms with van der Waals surface area (Å²) < 4.78 is 0. The number of hydrogen-bond donors (Lipinski definition) is 0. The van der Waals surface area contributed by atoms with Crippen LogP contribution in [0.5, 0.6) is 0 Å². The van der Waals surface area contributed by atoms with Gasteiger partial charge in [0.2, 0.25) is 0 Å². The van der Waals surface area contributed by atoms with Gasteiger partial charge in [0.25, 0.3) is 0 Å². The van der Waals surface area contributed by atoms with Crippen LogP contribution in [0.3, 0.4) is 0 Å². The summed E-state index contributed by atoms with van der Waals surface area (Å²) in [5.41, 5.74) is 4.79. The van der Waals surface area contributed by atoms with Crippen molar-refractivity contribution in [3.05, 3.63) is 34.9 Å². The van der Waals surface area contributed by atoms with Gasteiger partial charge in [0.1, 0.15) is 0 Å². The first-order valence-electron chi connectivity index (χ1n) is 6.95. The molecule has 1 aromatic rings. The minimum Gasteiger partial charge on any atom is -0.117 e. The molecule has 92 valence electrons. The first kappa shape index (κ1) is 11.6. The topological polar surface area (TPSA) is 0 Å². The monoisotopic (exact) mass is 248 g/mol. The molecule has 17 heavy (non-hydrogen) atoms. The molecule has 0 aromatic heterocycles. The fraction of sp³-hybridized carbons (Fsp3) is 0.625. The summed E-state index contributed by atoms with van der Waals surface area (Å²) in [7, 11) is 0. The molecule has 0 heterocycles. The highest BCUT2D eigenvalue weighted by atomic mass is 35.5. The lowest BCUT2D eigenvalue weighted by Crippen LogP contribution is -2.18. The van der Waals surface area contributed by atoms with Crippen LogP contribution >= 0.6 is 11.6 Å². The molecule has 0 N–H and O–H groups in total. The number of rotatable bonds is 2. The quantitative estimate of drug-likeness (QED) is 0.644. The second-order valence-electron chi connectivity index (χ2n) is 6.11. The van der Waals surface area contributed by atoms with E-state index in [9.17, 15) is 0 Å². The minimum absolute atomic E-state index is 0.205. The molecule has 3 rings (SSSR count). The molecule has 0 aliphatic heterocycles. The summed E-state index contributed by atoms with van der Waals surface area (Å²) in [6.45, 7) is 2.37. The highest BCUT2D eigenvalue weighted by molar-refractivity contribution is 6.21. The standard InChI is InChI=1S/C16H21Cl/c1-16(9-2-3-10-16)15(17)14-8-7-12-5-4-6-13(12)11-14/h7-8,11,15H,2-6,9-10H2,1H3. The van der Waals surface area contributed by atoms with Crippen molar-refractivity contribution < 1.29 is 0 Å². The van der Waals surface area contributed by atoms with Crippen molar-refractivity contribution in [1.82, 2.24) is 0 Å². The molecular weight excluding hydrogens is 228 g/mol. The van der Waals surface area contributed by atoms with Crippen molar-refractivity contribution in [2.45, 2.75) is 57.2 Å². The van der Waals surface area contributed by atoms with Crippen molar-refractivity contribution in [3.8, 4) is 0 Å². The molecule has 2 aliphatic carbocycles. The van der Waals surface area contributed by atoms with E-state index in [4.69, 9.17) is 11.6 Å². The van der Waals surface area contributed by atoms with E-state index >= 15 is 0 Å². The Bertz CT molecular complexity index is 416. The number of alkyl halides is 1. The van der Waals surface area contributed by atoms with Crippen molar-refractivity contribution in [3.63, 3.8) is 0 Å². The number of benzene rings is 1. The Labute approximate surface area is 109 Å². The van der Waals surface area contributed by atoms with Gasteiger partial charge in [-0.05, 0) is 54.2 Å². The Hall–Kier alpha value is -0.490. The van der Waals surface area contributed by atoms with Crippen LogP contribution in [0.15, 0.2) is 18.2 Å². The Morgan fingerprint density at radius 1 is 1.06 bits per heavy atom. The number of fused-ring (bicyclic) bond motifs is 1. The highest BCUT2D eigenvalue weighted by Crippen LogP contribution is 2.50. The molecule has 1 heteroatoms. The normalized spacial score (nSPS) is 23.6. The molecular formula is C16H21Cl. The Morgan fingerprint density at radius 2 is 1.76 bits per heavy atom. The van der Waals surface area contributed by atoms with Crippen LogP contribution in [0.1, 0.15) is 61.1 Å². The van der Waals surface area contributed by atoms with E-state index < -0.39 is 0 Å². The maximum Gasteiger partial charge on any atom is 0.0638 e. The smallest absolute Gasteiger partial charge is 0.0638 e. The van der Waals surface area contributed by atoms with Gasteiger partial charge in [0, 0.05) is 0 Å². The lowest BCUT2D eigenvalue weighted by Gasteiger charge is -2.30. The Morgan fingerprint density at radius 3 is 2.53 bits per heavy atom. The van der Waals surface area contributed by atoms with Gasteiger partial charge in [0.05, 0.1) is 5.38 Å². The van der Waals surface area contributed by atoms with Crippen molar-refractivity contribution in [1.29, 1.82) is 0 Å². The van der Waals surface area contributed by atoms with Crippen LogP contribution in [0, 0.1) is 5.41 Å². The number of halogens is 1. The molecule has 0 amide bonds. The average molecular weight is 249 g/mol. The maximum absolute atomic E-state index is 6.76. The Kier molecular flexibility index (Phi) is 2.94. The zero-order valence-corrected chi connectivity index (χ0v) is 11.4. The van der Waals surface area contributed by atoms with Crippen LogP contribution in [-0.2, 0) is 12.8 Å². The predicted octanol–water partition coefficient (Wildman–Crippen LogP) is 5.04. The van der Waals surface area contributed by atoms with E-state index in [2.05, 4.69) is 25.1 Å². The van der Waals surface area contributed by atoms with Gasteiger partial charge >= 0.3 is 0 Å². The van der Waals surface area contributed by atoms with Crippen LogP contribution in [0.25, 0.3) is 0 Å². The summed E-state index contributed by atoms with van der Waals surface area (Å²) in [6.07, 6.45) is 9.12. The van der Waals surface area contributed by atoms with Gasteiger partial charge in [-0.15, -0.1) is 11.6 Å². The van der Waals surface area contributed by atoms with Crippen LogP contribution in [-0.4, -0.2) is 0 Å². The van der Waals surface area contributed by atoms with E-state index in [1.54, 1.807) is 11.1 Å².